The van der Waals surface area contributed by atoms with Crippen molar-refractivity contribution >= 4 is 56.2 Å². The maximum atomic E-state index is 12.8. The van der Waals surface area contributed by atoms with E-state index in [1.54, 1.807) is 22.7 Å². The highest BCUT2D eigenvalue weighted by molar-refractivity contribution is 7.22. The minimum absolute atomic E-state index is 0. The lowest BCUT2D eigenvalue weighted by molar-refractivity contribution is -0.118. The number of amides is 1. The monoisotopic (exact) mass is 513 g/mol. The van der Waals surface area contributed by atoms with Crippen molar-refractivity contribution in [1.29, 1.82) is 0 Å². The molecule has 178 valence electrons. The van der Waals surface area contributed by atoms with Gasteiger partial charge in [0.25, 0.3) is 5.91 Å². The van der Waals surface area contributed by atoms with Gasteiger partial charge in [-0.15, -0.1) is 35.1 Å². The number of ether oxygens (including phenoxy) is 1. The number of nitrogens with one attached hydrogen (secondary N) is 1. The topological polar surface area (TPSA) is 54.5 Å². The van der Waals surface area contributed by atoms with E-state index in [0.717, 1.165) is 45.3 Å². The highest BCUT2D eigenvalue weighted by Crippen LogP contribution is 2.45. The third kappa shape index (κ3) is 5.13. The molecule has 0 fully saturated rings. The zero-order valence-corrected chi connectivity index (χ0v) is 21.9. The van der Waals surface area contributed by atoms with Crippen LogP contribution in [0.3, 0.4) is 0 Å². The quantitative estimate of drug-likeness (QED) is 0.316. The highest BCUT2D eigenvalue weighted by atomic mass is 35.5. The normalized spacial score (nSPS) is 13.5. The molecule has 5 nitrogen and oxygen atoms in total. The zero-order valence-electron chi connectivity index (χ0n) is 19.5. The first kappa shape index (κ1) is 24.7. The van der Waals surface area contributed by atoms with Crippen LogP contribution in [-0.2, 0) is 17.8 Å². The lowest BCUT2D eigenvalue weighted by atomic mass is 10.0. The smallest absolute Gasteiger partial charge is 0.262 e. The average Bonchev–Trinajstić information content (AvgIpc) is 3.38. The number of halogens is 1. The van der Waals surface area contributed by atoms with Gasteiger partial charge in [0.2, 0.25) is 0 Å². The minimum Gasteiger partial charge on any atom is -0.484 e. The summed E-state index contributed by atoms with van der Waals surface area (Å²) >= 11 is 3.35. The van der Waals surface area contributed by atoms with Gasteiger partial charge in [-0.2, -0.15) is 0 Å². The Morgan fingerprint density at radius 3 is 2.65 bits per heavy atom. The fraction of sp³-hybridized carbons (Fsp3) is 0.308. The van der Waals surface area contributed by atoms with E-state index in [2.05, 4.69) is 37.2 Å². The van der Waals surface area contributed by atoms with Crippen LogP contribution in [0.5, 0.6) is 5.75 Å². The second-order valence-corrected chi connectivity index (χ2v) is 10.9. The minimum atomic E-state index is -0.155. The van der Waals surface area contributed by atoms with Gasteiger partial charge in [-0.25, -0.2) is 4.98 Å². The number of carbonyl (C=O) groups excluding carboxylic acids is 1. The molecular weight excluding hydrogens is 486 g/mol. The number of benzene rings is 2. The summed E-state index contributed by atoms with van der Waals surface area (Å²) in [6, 6.07) is 16.1. The van der Waals surface area contributed by atoms with Gasteiger partial charge in [0, 0.05) is 23.5 Å². The van der Waals surface area contributed by atoms with Gasteiger partial charge in [0.05, 0.1) is 10.2 Å². The predicted molar refractivity (Wildman–Crippen MR) is 145 cm³/mol. The molecule has 0 saturated heterocycles. The summed E-state index contributed by atoms with van der Waals surface area (Å²) in [7, 11) is 2.14. The van der Waals surface area contributed by atoms with Crippen LogP contribution in [0.4, 0.5) is 5.00 Å². The lowest BCUT2D eigenvalue weighted by Crippen LogP contribution is -2.25. The largest absolute Gasteiger partial charge is 0.484 e. The van der Waals surface area contributed by atoms with Crippen molar-refractivity contribution in [2.75, 3.05) is 25.5 Å². The summed E-state index contributed by atoms with van der Waals surface area (Å²) < 4.78 is 6.92. The molecule has 8 heteroatoms. The Morgan fingerprint density at radius 1 is 1.15 bits per heavy atom. The Bertz CT molecular complexity index is 1260. The van der Waals surface area contributed by atoms with Crippen LogP contribution >= 0.6 is 35.1 Å². The van der Waals surface area contributed by atoms with Crippen molar-refractivity contribution in [1.82, 2.24) is 9.88 Å². The lowest BCUT2D eigenvalue weighted by Gasteiger charge is -2.22. The van der Waals surface area contributed by atoms with Crippen LogP contribution < -0.4 is 10.1 Å². The summed E-state index contributed by atoms with van der Waals surface area (Å²) in [5, 5.41) is 4.97. The van der Waals surface area contributed by atoms with Gasteiger partial charge in [-0.3, -0.25) is 4.79 Å². The van der Waals surface area contributed by atoms with E-state index in [-0.39, 0.29) is 24.9 Å². The molecule has 0 aliphatic carbocycles. The predicted octanol–water partition coefficient (Wildman–Crippen LogP) is 6.58. The summed E-state index contributed by atoms with van der Waals surface area (Å²) in [4.78, 5) is 21.4. The van der Waals surface area contributed by atoms with Crippen molar-refractivity contribution < 1.29 is 9.53 Å². The molecule has 5 rings (SSSR count). The van der Waals surface area contributed by atoms with Gasteiger partial charge in [0.15, 0.2) is 6.61 Å². The van der Waals surface area contributed by atoms with E-state index in [1.807, 2.05) is 42.5 Å². The molecule has 0 bridgehead atoms. The first-order valence-electron chi connectivity index (χ1n) is 11.2. The molecule has 3 heterocycles. The number of para-hydroxylation sites is 1. The number of likely N-dealkylation sites (N-methyl/N-ethyl adjacent to an activating group) is 1. The van der Waals surface area contributed by atoms with Gasteiger partial charge in [-0.05, 0) is 54.8 Å². The summed E-state index contributed by atoms with van der Waals surface area (Å²) in [5.41, 5.74) is 4.65. The molecule has 0 radical (unpaired) electrons. The number of thiophene rings is 1. The number of hydrogen-bond acceptors (Lipinski definition) is 6. The molecule has 1 N–H and O–H groups in total. The molecule has 2 aromatic heterocycles. The number of thiazole rings is 1. The second kappa shape index (κ2) is 10.4. The van der Waals surface area contributed by atoms with Crippen LogP contribution in [0.2, 0.25) is 0 Å². The number of fused-ring (bicyclic) bond motifs is 2. The standard InChI is InChI=1S/C26H27N3O2S2.ClH/c1-16(2)17-8-10-18(11-9-17)31-15-23(30)28-26-24(19-12-13-29(3)14-22(19)33-26)25-27-20-6-4-5-7-21(20)32-25;/h4-11,16H,12-15H2,1-3H3,(H,28,30);1H. The van der Waals surface area contributed by atoms with E-state index in [9.17, 15) is 4.79 Å². The van der Waals surface area contributed by atoms with Crippen molar-refractivity contribution in [3.63, 3.8) is 0 Å². The molecule has 4 aromatic rings. The van der Waals surface area contributed by atoms with Crippen molar-refractivity contribution in [3.8, 4) is 16.3 Å². The molecule has 1 aliphatic heterocycles. The summed E-state index contributed by atoms with van der Waals surface area (Å²) in [6.45, 7) is 6.19. The molecular formula is C26H28ClN3O2S2. The van der Waals surface area contributed by atoms with E-state index in [0.29, 0.717) is 11.7 Å². The Hall–Kier alpha value is -2.45. The van der Waals surface area contributed by atoms with Gasteiger partial charge in [0.1, 0.15) is 15.8 Å². The Balaban J connectivity index is 0.00000274. The third-order valence-corrected chi connectivity index (χ3v) is 8.11. The Morgan fingerprint density at radius 2 is 1.91 bits per heavy atom. The number of carbonyl (C=O) groups is 1. The van der Waals surface area contributed by atoms with E-state index >= 15 is 0 Å². The number of aromatic nitrogens is 1. The number of rotatable bonds is 6. The number of hydrogen-bond donors (Lipinski definition) is 1. The molecule has 0 spiro atoms. The van der Waals surface area contributed by atoms with Crippen molar-refractivity contribution in [3.05, 3.63) is 64.5 Å². The van der Waals surface area contributed by atoms with Crippen molar-refractivity contribution in [2.45, 2.75) is 32.7 Å². The van der Waals surface area contributed by atoms with Crippen LogP contribution in [0.15, 0.2) is 48.5 Å². The van der Waals surface area contributed by atoms with Crippen LogP contribution in [0, 0.1) is 0 Å². The van der Waals surface area contributed by atoms with Gasteiger partial charge >= 0.3 is 0 Å². The van der Waals surface area contributed by atoms with Gasteiger partial charge < -0.3 is 15.0 Å². The average molecular weight is 514 g/mol. The Labute approximate surface area is 214 Å². The first-order valence-corrected chi connectivity index (χ1v) is 12.8. The van der Waals surface area contributed by atoms with Crippen molar-refractivity contribution in [2.24, 2.45) is 0 Å². The molecule has 1 amide bonds. The van der Waals surface area contributed by atoms with E-state index < -0.39 is 0 Å². The van der Waals surface area contributed by atoms with E-state index in [4.69, 9.17) is 9.72 Å². The molecule has 0 unspecified atom stereocenters. The maximum Gasteiger partial charge on any atom is 0.262 e. The maximum absolute atomic E-state index is 12.8. The number of nitrogens with zero attached hydrogens (tertiary/aromatic N) is 2. The molecule has 0 saturated carbocycles. The molecule has 2 aromatic carbocycles. The second-order valence-electron chi connectivity index (χ2n) is 8.74. The summed E-state index contributed by atoms with van der Waals surface area (Å²) in [6.07, 6.45) is 0.960. The number of anilines is 1. The van der Waals surface area contributed by atoms with Crippen LogP contribution in [-0.4, -0.2) is 36.0 Å². The summed E-state index contributed by atoms with van der Waals surface area (Å²) in [5.74, 6) is 1.01. The fourth-order valence-electron chi connectivity index (χ4n) is 4.09. The first-order chi connectivity index (χ1) is 16.0. The molecule has 34 heavy (non-hydrogen) atoms. The van der Waals surface area contributed by atoms with E-state index in [1.165, 1.54) is 16.0 Å². The molecule has 0 atom stereocenters. The van der Waals surface area contributed by atoms with Crippen LogP contribution in [0.25, 0.3) is 20.8 Å². The fourth-order valence-corrected chi connectivity index (χ4v) is 6.54. The van der Waals surface area contributed by atoms with Gasteiger partial charge in [-0.1, -0.05) is 38.1 Å². The third-order valence-electron chi connectivity index (χ3n) is 5.93. The zero-order chi connectivity index (χ0) is 22.9. The van der Waals surface area contributed by atoms with Crippen LogP contribution in [0.1, 0.15) is 35.8 Å². The highest BCUT2D eigenvalue weighted by Gasteiger charge is 2.26. The molecule has 1 aliphatic rings. The Kier molecular flexibility index (Phi) is 7.57. The SMILES string of the molecule is CC(C)c1ccc(OCC(=O)Nc2sc3c(c2-c2nc4ccccc4s2)CCN(C)C3)cc1.Cl.